The average molecular weight is 764 g/mol. The number of carbonyl (C=O) groups excluding carboxylic acids is 5. The van der Waals surface area contributed by atoms with Gasteiger partial charge in [-0.25, -0.2) is 4.79 Å². The number of rotatable bonds is 16. The van der Waals surface area contributed by atoms with Gasteiger partial charge >= 0.3 is 6.09 Å². The maximum absolute atomic E-state index is 13.9. The Morgan fingerprint density at radius 3 is 2.08 bits per heavy atom. The van der Waals surface area contributed by atoms with E-state index in [2.05, 4.69) is 42.5 Å². The Morgan fingerprint density at radius 1 is 0.843 bits per heavy atom. The van der Waals surface area contributed by atoms with E-state index in [4.69, 9.17) is 4.74 Å². The van der Waals surface area contributed by atoms with Crippen LogP contribution in [0, 0.1) is 5.92 Å². The molecule has 0 aromatic heterocycles. The molecule has 5 amide bonds. The summed E-state index contributed by atoms with van der Waals surface area (Å²) in [5.74, 6) is -1.59. The van der Waals surface area contributed by atoms with E-state index in [1.807, 2.05) is 82.3 Å². The Morgan fingerprint density at radius 2 is 1.49 bits per heavy atom. The number of hydrogen-bond acceptors (Lipinski definition) is 7. The third kappa shape index (κ3) is 11.1. The van der Waals surface area contributed by atoms with Gasteiger partial charge in [-0.3, -0.25) is 24.1 Å². The highest BCUT2D eigenvalue weighted by Crippen LogP contribution is 2.24. The fourth-order valence-electron chi connectivity index (χ4n) is 5.62. The van der Waals surface area contributed by atoms with Crippen LogP contribution in [-0.4, -0.2) is 74.1 Å². The monoisotopic (exact) mass is 762 g/mol. The van der Waals surface area contributed by atoms with Crippen LogP contribution < -0.4 is 31.5 Å². The zero-order valence-electron chi connectivity index (χ0n) is 29.6. The van der Waals surface area contributed by atoms with Gasteiger partial charge in [-0.05, 0) is 74.6 Å². The smallest absolute Gasteiger partial charge is 0.414 e. The van der Waals surface area contributed by atoms with E-state index in [1.54, 1.807) is 19.1 Å². The Kier molecular flexibility index (Phi) is 14.1. The van der Waals surface area contributed by atoms with Crippen molar-refractivity contribution in [3.8, 4) is 0 Å². The molecule has 0 saturated carbocycles. The standard InChI is InChI=1S/C38H47BrN6O6/c1-6-40-37(49)33(23(2)3)44-34(46)25(5)41-22-31(18-26-10-8-7-9-11-26)43-36(48)29-19-28(20-32(21-29)45-16-17-51-38(45)50)35(47)42-24(4)27-12-14-30(39)15-13-27/h7-15,19-21,23-25,31,33,41H,6,16-18,22H2,1-5H3,(H,40,49)(H,42,47)(H,43,48)(H,44,46)/t24-,25+,31+,33+/m1/s1. The quantitative estimate of drug-likeness (QED) is 0.144. The summed E-state index contributed by atoms with van der Waals surface area (Å²) < 4.78 is 6.06. The second-order valence-electron chi connectivity index (χ2n) is 12.9. The minimum Gasteiger partial charge on any atom is -0.447 e. The van der Waals surface area contributed by atoms with Gasteiger partial charge < -0.3 is 31.3 Å². The van der Waals surface area contributed by atoms with E-state index < -0.39 is 36.0 Å². The highest BCUT2D eigenvalue weighted by atomic mass is 79.9. The van der Waals surface area contributed by atoms with E-state index in [-0.39, 0.29) is 54.6 Å². The molecule has 1 fully saturated rings. The molecule has 1 saturated heterocycles. The summed E-state index contributed by atoms with van der Waals surface area (Å²) in [6, 6.07) is 19.7. The highest BCUT2D eigenvalue weighted by molar-refractivity contribution is 9.10. The fraction of sp³-hybridized carbons (Fsp3) is 0.395. The molecule has 3 aromatic carbocycles. The van der Waals surface area contributed by atoms with Crippen molar-refractivity contribution in [3.05, 3.63) is 99.5 Å². The topological polar surface area (TPSA) is 158 Å². The lowest BCUT2D eigenvalue weighted by Gasteiger charge is -2.25. The van der Waals surface area contributed by atoms with E-state index in [0.717, 1.165) is 15.6 Å². The average Bonchev–Trinajstić information content (AvgIpc) is 3.55. The minimum atomic E-state index is -0.689. The SMILES string of the molecule is CCNC(=O)[C@@H](NC(=O)[C@H](C)NC[C@H](Cc1ccccc1)NC(=O)c1cc(C(=O)N[C@H](C)c2ccc(Br)cc2)cc(N2CCOC2=O)c1)C(C)C. The van der Waals surface area contributed by atoms with Gasteiger partial charge in [0.2, 0.25) is 11.8 Å². The van der Waals surface area contributed by atoms with Crippen molar-refractivity contribution < 1.29 is 28.7 Å². The van der Waals surface area contributed by atoms with E-state index >= 15 is 0 Å². The van der Waals surface area contributed by atoms with Gasteiger partial charge in [0.05, 0.1) is 18.6 Å². The summed E-state index contributed by atoms with van der Waals surface area (Å²) in [5.41, 5.74) is 2.61. The summed E-state index contributed by atoms with van der Waals surface area (Å²) in [6.45, 7) is 10.3. The Bertz CT molecular complexity index is 1690. The summed E-state index contributed by atoms with van der Waals surface area (Å²) in [5, 5.41) is 14.9. The van der Waals surface area contributed by atoms with Crippen LogP contribution in [0.4, 0.5) is 10.5 Å². The van der Waals surface area contributed by atoms with Crippen molar-refractivity contribution >= 4 is 51.3 Å². The lowest BCUT2D eigenvalue weighted by Crippen LogP contribution is -2.55. The molecule has 0 radical (unpaired) electrons. The van der Waals surface area contributed by atoms with Gasteiger partial charge in [-0.1, -0.05) is 72.2 Å². The number of benzene rings is 3. The molecule has 4 atom stereocenters. The molecule has 51 heavy (non-hydrogen) atoms. The third-order valence-electron chi connectivity index (χ3n) is 8.55. The number of carbonyl (C=O) groups is 5. The molecule has 0 aliphatic carbocycles. The second-order valence-corrected chi connectivity index (χ2v) is 13.8. The van der Waals surface area contributed by atoms with Crippen molar-refractivity contribution in [1.82, 2.24) is 26.6 Å². The summed E-state index contributed by atoms with van der Waals surface area (Å²) in [6.07, 6.45) is -0.120. The van der Waals surface area contributed by atoms with Crippen molar-refractivity contribution in [2.24, 2.45) is 5.92 Å². The zero-order chi connectivity index (χ0) is 37.1. The van der Waals surface area contributed by atoms with E-state index in [1.165, 1.54) is 11.0 Å². The van der Waals surface area contributed by atoms with Crippen LogP contribution in [0.15, 0.2) is 77.3 Å². The van der Waals surface area contributed by atoms with Gasteiger partial charge in [0.25, 0.3) is 11.8 Å². The fourth-order valence-corrected chi connectivity index (χ4v) is 5.89. The lowest BCUT2D eigenvalue weighted by molar-refractivity contribution is -0.130. The van der Waals surface area contributed by atoms with E-state index in [0.29, 0.717) is 18.7 Å². The second kappa shape index (κ2) is 18.5. The van der Waals surface area contributed by atoms with Crippen LogP contribution in [0.3, 0.4) is 0 Å². The number of likely N-dealkylation sites (N-methyl/N-ethyl adjacent to an activating group) is 1. The minimum absolute atomic E-state index is 0.119. The maximum Gasteiger partial charge on any atom is 0.414 e. The van der Waals surface area contributed by atoms with E-state index in [9.17, 15) is 24.0 Å². The molecule has 0 spiro atoms. The first-order chi connectivity index (χ1) is 24.4. The molecule has 1 aliphatic rings. The Labute approximate surface area is 307 Å². The largest absolute Gasteiger partial charge is 0.447 e. The van der Waals surface area contributed by atoms with Crippen LogP contribution in [0.2, 0.25) is 0 Å². The number of anilines is 1. The van der Waals surface area contributed by atoms with Gasteiger partial charge in [0, 0.05) is 40.4 Å². The number of nitrogens with zero attached hydrogens (tertiary/aromatic N) is 1. The number of hydrogen-bond donors (Lipinski definition) is 5. The molecule has 12 nitrogen and oxygen atoms in total. The normalized spacial score (nSPS) is 15.0. The van der Waals surface area contributed by atoms with Crippen LogP contribution in [0.25, 0.3) is 0 Å². The summed E-state index contributed by atoms with van der Waals surface area (Å²) in [7, 11) is 0. The summed E-state index contributed by atoms with van der Waals surface area (Å²) >= 11 is 3.43. The number of amides is 5. The van der Waals surface area contributed by atoms with Gasteiger partial charge in [-0.2, -0.15) is 0 Å². The zero-order valence-corrected chi connectivity index (χ0v) is 31.2. The molecule has 272 valence electrons. The molecule has 3 aromatic rings. The first-order valence-electron chi connectivity index (χ1n) is 17.2. The van der Waals surface area contributed by atoms with Gasteiger partial charge in [0.15, 0.2) is 0 Å². The molecule has 13 heteroatoms. The molecule has 0 bridgehead atoms. The van der Waals surface area contributed by atoms with Crippen molar-refractivity contribution in [3.63, 3.8) is 0 Å². The number of halogens is 1. The number of cyclic esters (lactones) is 1. The number of nitrogens with one attached hydrogen (secondary N) is 5. The number of ether oxygens (including phenoxy) is 1. The summed E-state index contributed by atoms with van der Waals surface area (Å²) in [4.78, 5) is 67.1. The maximum atomic E-state index is 13.9. The lowest BCUT2D eigenvalue weighted by atomic mass is 10.0. The third-order valence-corrected chi connectivity index (χ3v) is 9.08. The van der Waals surface area contributed by atoms with Crippen LogP contribution in [0.1, 0.15) is 72.5 Å². The van der Waals surface area contributed by atoms with Crippen LogP contribution in [0.5, 0.6) is 0 Å². The highest BCUT2D eigenvalue weighted by Gasteiger charge is 2.28. The molecule has 5 N–H and O–H groups in total. The predicted octanol–water partition coefficient (Wildman–Crippen LogP) is 4.49. The first-order valence-corrected chi connectivity index (χ1v) is 18.0. The van der Waals surface area contributed by atoms with Gasteiger partial charge in [-0.15, -0.1) is 0 Å². The van der Waals surface area contributed by atoms with Crippen LogP contribution >= 0.6 is 15.9 Å². The van der Waals surface area contributed by atoms with Gasteiger partial charge in [0.1, 0.15) is 12.6 Å². The Hall–Kier alpha value is -4.75. The molecular formula is C38H47BrN6O6. The molecular weight excluding hydrogens is 716 g/mol. The molecule has 1 aliphatic heterocycles. The molecule has 1 heterocycles. The molecule has 0 unspecified atom stereocenters. The van der Waals surface area contributed by atoms with Crippen molar-refractivity contribution in [2.45, 2.75) is 65.2 Å². The Balaban J connectivity index is 1.54. The first kappa shape index (κ1) is 39.0. The predicted molar refractivity (Wildman–Crippen MR) is 199 cm³/mol. The van der Waals surface area contributed by atoms with Crippen molar-refractivity contribution in [1.29, 1.82) is 0 Å². The van der Waals surface area contributed by atoms with Crippen molar-refractivity contribution in [2.75, 3.05) is 31.1 Å². The molecule has 4 rings (SSSR count). The van der Waals surface area contributed by atoms with Crippen LogP contribution in [-0.2, 0) is 20.7 Å².